The van der Waals surface area contributed by atoms with Crippen molar-refractivity contribution < 1.29 is 4.74 Å². The van der Waals surface area contributed by atoms with Gasteiger partial charge in [-0.15, -0.1) is 0 Å². The van der Waals surface area contributed by atoms with Crippen molar-refractivity contribution in [1.82, 2.24) is 5.32 Å². The number of aryl methyl sites for hydroxylation is 1. The fraction of sp³-hybridized carbons (Fsp3) is 0.571. The van der Waals surface area contributed by atoms with Crippen molar-refractivity contribution in [2.45, 2.75) is 25.7 Å². The van der Waals surface area contributed by atoms with E-state index in [1.165, 1.54) is 31.5 Å². The fourth-order valence-electron chi connectivity index (χ4n) is 1.69. The van der Waals surface area contributed by atoms with Crippen LogP contribution in [0.5, 0.6) is 0 Å². The summed E-state index contributed by atoms with van der Waals surface area (Å²) in [7, 11) is 1.74. The molecular formula is C14H23NO. The predicted octanol–water partition coefficient (Wildman–Crippen LogP) is 2.64. The van der Waals surface area contributed by atoms with Gasteiger partial charge in [0, 0.05) is 13.7 Å². The molecule has 0 saturated carbocycles. The van der Waals surface area contributed by atoms with Crippen molar-refractivity contribution in [3.8, 4) is 0 Å². The highest BCUT2D eigenvalue weighted by molar-refractivity contribution is 5.14. The number of rotatable bonds is 4. The first-order valence-electron chi connectivity index (χ1n) is 6.17. The van der Waals surface area contributed by atoms with Crippen LogP contribution in [0.4, 0.5) is 0 Å². The first kappa shape index (κ1) is 13.2. The molecule has 2 heteroatoms. The molecule has 1 aliphatic heterocycles. The third kappa shape index (κ3) is 6.59. The summed E-state index contributed by atoms with van der Waals surface area (Å²) in [5, 5.41) is 3.22. The highest BCUT2D eigenvalue weighted by atomic mass is 16.5. The highest BCUT2D eigenvalue weighted by Gasteiger charge is 1.93. The number of methoxy groups -OCH3 is 1. The summed E-state index contributed by atoms with van der Waals surface area (Å²) in [4.78, 5) is 0. The maximum Gasteiger partial charge on any atom is 0.0465 e. The highest BCUT2D eigenvalue weighted by Crippen LogP contribution is 2.01. The van der Waals surface area contributed by atoms with Gasteiger partial charge in [0.2, 0.25) is 0 Å². The zero-order valence-corrected chi connectivity index (χ0v) is 10.2. The Bertz CT molecular complexity index is 237. The molecule has 0 radical (unpaired) electrons. The standard InChI is InChI=1S/C10H14O.C4H9N/c1-11-9-5-8-10-6-3-2-4-7-10;1-2-4-5-3-1/h2-4,6-7H,5,8-9H2,1H3;5H,1-4H2. The van der Waals surface area contributed by atoms with Crippen molar-refractivity contribution >= 4 is 0 Å². The van der Waals surface area contributed by atoms with Gasteiger partial charge in [0.05, 0.1) is 0 Å². The first-order valence-corrected chi connectivity index (χ1v) is 6.17. The molecule has 0 aromatic heterocycles. The minimum atomic E-state index is 0.856. The van der Waals surface area contributed by atoms with Crippen LogP contribution < -0.4 is 5.32 Å². The van der Waals surface area contributed by atoms with Gasteiger partial charge in [0.25, 0.3) is 0 Å². The van der Waals surface area contributed by atoms with Crippen LogP contribution >= 0.6 is 0 Å². The molecule has 0 unspecified atom stereocenters. The van der Waals surface area contributed by atoms with Gasteiger partial charge in [-0.25, -0.2) is 0 Å². The van der Waals surface area contributed by atoms with Crippen LogP contribution in [0.25, 0.3) is 0 Å². The molecule has 90 valence electrons. The predicted molar refractivity (Wildman–Crippen MR) is 68.7 cm³/mol. The van der Waals surface area contributed by atoms with Gasteiger partial charge in [0.15, 0.2) is 0 Å². The molecule has 1 aromatic carbocycles. The fourth-order valence-corrected chi connectivity index (χ4v) is 1.69. The molecule has 1 aromatic rings. The van der Waals surface area contributed by atoms with Gasteiger partial charge in [-0.1, -0.05) is 30.3 Å². The van der Waals surface area contributed by atoms with Crippen molar-refractivity contribution in [2.24, 2.45) is 0 Å². The van der Waals surface area contributed by atoms with Gasteiger partial charge >= 0.3 is 0 Å². The Kier molecular flexibility index (Phi) is 7.74. The smallest absolute Gasteiger partial charge is 0.0465 e. The molecule has 1 N–H and O–H groups in total. The Hall–Kier alpha value is -0.860. The molecule has 0 atom stereocenters. The summed E-state index contributed by atoms with van der Waals surface area (Å²) < 4.78 is 4.96. The number of nitrogens with one attached hydrogen (secondary N) is 1. The van der Waals surface area contributed by atoms with Crippen LogP contribution in [0, 0.1) is 0 Å². The third-order valence-corrected chi connectivity index (χ3v) is 2.61. The Morgan fingerprint density at radius 1 is 1.12 bits per heavy atom. The lowest BCUT2D eigenvalue weighted by molar-refractivity contribution is 0.195. The molecular weight excluding hydrogens is 198 g/mol. The second-order valence-corrected chi connectivity index (χ2v) is 4.04. The number of hydrogen-bond donors (Lipinski definition) is 1. The van der Waals surface area contributed by atoms with E-state index in [1.54, 1.807) is 7.11 Å². The molecule has 16 heavy (non-hydrogen) atoms. The second-order valence-electron chi connectivity index (χ2n) is 4.04. The van der Waals surface area contributed by atoms with Crippen LogP contribution in [0.3, 0.4) is 0 Å². The normalized spacial score (nSPS) is 14.3. The Morgan fingerprint density at radius 3 is 2.31 bits per heavy atom. The van der Waals surface area contributed by atoms with E-state index in [0.717, 1.165) is 19.4 Å². The van der Waals surface area contributed by atoms with Gasteiger partial charge < -0.3 is 10.1 Å². The zero-order valence-electron chi connectivity index (χ0n) is 10.2. The summed E-state index contributed by atoms with van der Waals surface area (Å²) in [6, 6.07) is 10.5. The van der Waals surface area contributed by atoms with Gasteiger partial charge in [-0.3, -0.25) is 0 Å². The maximum absolute atomic E-state index is 4.96. The summed E-state index contributed by atoms with van der Waals surface area (Å²) in [6.07, 6.45) is 5.01. The van der Waals surface area contributed by atoms with Gasteiger partial charge in [0.1, 0.15) is 0 Å². The molecule has 1 aliphatic rings. The van der Waals surface area contributed by atoms with E-state index >= 15 is 0 Å². The molecule has 0 aliphatic carbocycles. The molecule has 1 saturated heterocycles. The molecule has 1 fully saturated rings. The van der Waals surface area contributed by atoms with E-state index in [0.29, 0.717) is 0 Å². The van der Waals surface area contributed by atoms with Gasteiger partial charge in [-0.2, -0.15) is 0 Å². The molecule has 1 heterocycles. The van der Waals surface area contributed by atoms with Crippen molar-refractivity contribution in [1.29, 1.82) is 0 Å². The summed E-state index contributed by atoms with van der Waals surface area (Å²) in [5.41, 5.74) is 1.39. The van der Waals surface area contributed by atoms with Crippen LogP contribution in [0.1, 0.15) is 24.8 Å². The minimum Gasteiger partial charge on any atom is -0.385 e. The summed E-state index contributed by atoms with van der Waals surface area (Å²) >= 11 is 0. The summed E-state index contributed by atoms with van der Waals surface area (Å²) in [6.45, 7) is 3.36. The quantitative estimate of drug-likeness (QED) is 0.789. The van der Waals surface area contributed by atoms with Crippen molar-refractivity contribution in [3.05, 3.63) is 35.9 Å². The Balaban J connectivity index is 0.000000212. The van der Waals surface area contributed by atoms with Crippen LogP contribution in [-0.4, -0.2) is 26.8 Å². The SMILES string of the molecule is C1CCNC1.COCCCc1ccccc1. The maximum atomic E-state index is 4.96. The van der Waals surface area contributed by atoms with E-state index in [4.69, 9.17) is 4.74 Å². The van der Waals surface area contributed by atoms with E-state index in [2.05, 4.69) is 29.6 Å². The monoisotopic (exact) mass is 221 g/mol. The zero-order chi connectivity index (χ0) is 11.5. The number of hydrogen-bond acceptors (Lipinski definition) is 2. The lowest BCUT2D eigenvalue weighted by atomic mass is 10.1. The average Bonchev–Trinajstić information content (AvgIpc) is 2.90. The van der Waals surface area contributed by atoms with Gasteiger partial charge in [-0.05, 0) is 44.3 Å². The lowest BCUT2D eigenvalue weighted by Gasteiger charge is -1.98. The van der Waals surface area contributed by atoms with Crippen LogP contribution in [0.15, 0.2) is 30.3 Å². The van der Waals surface area contributed by atoms with E-state index in [1.807, 2.05) is 6.07 Å². The molecule has 0 amide bonds. The largest absolute Gasteiger partial charge is 0.385 e. The minimum absolute atomic E-state index is 0.856. The third-order valence-electron chi connectivity index (χ3n) is 2.61. The summed E-state index contributed by atoms with van der Waals surface area (Å²) in [5.74, 6) is 0. The second kappa shape index (κ2) is 9.37. The number of ether oxygens (including phenoxy) is 1. The lowest BCUT2D eigenvalue weighted by Crippen LogP contribution is -2.03. The number of benzene rings is 1. The van der Waals surface area contributed by atoms with E-state index in [9.17, 15) is 0 Å². The van der Waals surface area contributed by atoms with E-state index in [-0.39, 0.29) is 0 Å². The van der Waals surface area contributed by atoms with Crippen LogP contribution in [-0.2, 0) is 11.2 Å². The van der Waals surface area contributed by atoms with Crippen molar-refractivity contribution in [2.75, 3.05) is 26.8 Å². The topological polar surface area (TPSA) is 21.3 Å². The Morgan fingerprint density at radius 2 is 1.81 bits per heavy atom. The molecule has 2 nitrogen and oxygen atoms in total. The van der Waals surface area contributed by atoms with Crippen LogP contribution in [0.2, 0.25) is 0 Å². The molecule has 0 spiro atoms. The average molecular weight is 221 g/mol. The van der Waals surface area contributed by atoms with E-state index < -0.39 is 0 Å². The Labute approximate surface area is 99.0 Å². The first-order chi connectivity index (χ1) is 7.93. The van der Waals surface area contributed by atoms with Crippen molar-refractivity contribution in [3.63, 3.8) is 0 Å². The molecule has 2 rings (SSSR count). The molecule has 0 bridgehead atoms.